The normalized spacial score (nSPS) is 11.8. The average molecular weight is 122 g/mol. The highest BCUT2D eigenvalue weighted by Gasteiger charge is 2.33. The first-order chi connectivity index (χ1) is 4.22. The van der Waals surface area contributed by atoms with Crippen molar-refractivity contribution in [2.24, 2.45) is 7.05 Å². The van der Waals surface area contributed by atoms with Crippen molar-refractivity contribution >= 4 is 5.78 Å². The Morgan fingerprint density at radius 3 is 2.44 bits per heavy atom. The molecular formula is C6H6N2O. The molecule has 3 heteroatoms. The molecule has 0 fully saturated rings. The summed E-state index contributed by atoms with van der Waals surface area (Å²) >= 11 is 0. The van der Waals surface area contributed by atoms with Crippen molar-refractivity contribution in [2.45, 2.75) is 6.92 Å². The number of carbonyl (C=O) groups is 1. The smallest absolute Gasteiger partial charge is 0.180 e. The zero-order chi connectivity index (χ0) is 6.59. The van der Waals surface area contributed by atoms with Crippen LogP contribution in [0.5, 0.6) is 0 Å². The summed E-state index contributed by atoms with van der Waals surface area (Å²) in [7, 11) is 1.91. The monoisotopic (exact) mass is 122 g/mol. The topological polar surface area (TPSA) is 34.9 Å². The Morgan fingerprint density at radius 2 is 2.33 bits per heavy atom. The predicted octanol–water partition coefficient (Wildman–Crippen LogP) is 0.603. The lowest BCUT2D eigenvalue weighted by molar-refractivity contribution is 0.101. The van der Waals surface area contributed by atoms with Crippen LogP contribution < -0.4 is 0 Å². The molecule has 0 aliphatic carbocycles. The van der Waals surface area contributed by atoms with Crippen molar-refractivity contribution in [1.82, 2.24) is 9.55 Å². The van der Waals surface area contributed by atoms with Gasteiger partial charge in [0.2, 0.25) is 0 Å². The van der Waals surface area contributed by atoms with E-state index < -0.39 is 0 Å². The first kappa shape index (κ1) is 4.73. The molecule has 0 aromatic heterocycles. The van der Waals surface area contributed by atoms with Crippen LogP contribution in [-0.4, -0.2) is 15.3 Å². The second-order valence-corrected chi connectivity index (χ2v) is 2.25. The van der Waals surface area contributed by atoms with E-state index in [1.807, 2.05) is 11.6 Å². The molecule has 2 aliphatic heterocycles. The summed E-state index contributed by atoms with van der Waals surface area (Å²) in [6, 6.07) is 0. The fraction of sp³-hybridized carbons (Fsp3) is 0.333. The number of hydrogen-bond donors (Lipinski definition) is 0. The minimum absolute atomic E-state index is 0.0677. The van der Waals surface area contributed by atoms with Gasteiger partial charge in [0, 0.05) is 14.0 Å². The summed E-state index contributed by atoms with van der Waals surface area (Å²) in [6.07, 6.45) is 0. The van der Waals surface area contributed by atoms with Gasteiger partial charge in [-0.25, -0.2) is 4.98 Å². The number of carbonyl (C=O) groups excluding carboxylic acids is 1. The van der Waals surface area contributed by atoms with Gasteiger partial charge in [0.05, 0.1) is 0 Å². The SMILES string of the molecule is CC(=O)c1nc2n(C)c1-2. The van der Waals surface area contributed by atoms with E-state index in [1.54, 1.807) is 0 Å². The second kappa shape index (κ2) is 1.07. The third-order valence-electron chi connectivity index (χ3n) is 1.59. The molecule has 9 heavy (non-hydrogen) atoms. The van der Waals surface area contributed by atoms with Gasteiger partial charge in [-0.3, -0.25) is 4.79 Å². The van der Waals surface area contributed by atoms with E-state index in [-0.39, 0.29) is 5.78 Å². The van der Waals surface area contributed by atoms with E-state index in [4.69, 9.17) is 0 Å². The largest absolute Gasteiger partial charge is 0.323 e. The van der Waals surface area contributed by atoms with E-state index >= 15 is 0 Å². The van der Waals surface area contributed by atoms with Crippen molar-refractivity contribution in [2.75, 3.05) is 0 Å². The zero-order valence-corrected chi connectivity index (χ0v) is 5.30. The Balaban J connectivity index is 2.48. The quantitative estimate of drug-likeness (QED) is 0.519. The maximum atomic E-state index is 10.6. The number of hydrogen-bond acceptors (Lipinski definition) is 2. The van der Waals surface area contributed by atoms with Crippen molar-refractivity contribution < 1.29 is 4.79 Å². The van der Waals surface area contributed by atoms with Crippen LogP contribution in [-0.2, 0) is 7.05 Å². The van der Waals surface area contributed by atoms with Crippen molar-refractivity contribution in [3.8, 4) is 11.5 Å². The molecule has 3 nitrogen and oxygen atoms in total. The highest BCUT2D eigenvalue weighted by atomic mass is 16.1. The number of fused-ring (bicyclic) bond motifs is 1. The molecule has 0 amide bonds. The molecule has 0 bridgehead atoms. The van der Waals surface area contributed by atoms with E-state index in [1.165, 1.54) is 6.92 Å². The predicted molar refractivity (Wildman–Crippen MR) is 32.2 cm³/mol. The van der Waals surface area contributed by atoms with E-state index in [0.29, 0.717) is 5.69 Å². The highest BCUT2D eigenvalue weighted by Crippen LogP contribution is 2.37. The van der Waals surface area contributed by atoms with Gasteiger partial charge in [-0.2, -0.15) is 0 Å². The molecule has 0 N–H and O–H groups in total. The Labute approximate surface area is 52.3 Å². The molecule has 2 heterocycles. The van der Waals surface area contributed by atoms with Crippen LogP contribution in [0.15, 0.2) is 0 Å². The van der Waals surface area contributed by atoms with Gasteiger partial charge in [0.15, 0.2) is 11.6 Å². The molecule has 0 atom stereocenters. The maximum absolute atomic E-state index is 10.6. The lowest BCUT2D eigenvalue weighted by atomic mass is 10.2. The van der Waals surface area contributed by atoms with Crippen LogP contribution in [0.2, 0.25) is 0 Å². The van der Waals surface area contributed by atoms with Gasteiger partial charge in [-0.15, -0.1) is 0 Å². The number of ketones is 1. The van der Waals surface area contributed by atoms with Crippen LogP contribution in [0, 0.1) is 0 Å². The lowest BCUT2D eigenvalue weighted by Crippen LogP contribution is -1.98. The minimum atomic E-state index is 0.0677. The summed E-state index contributed by atoms with van der Waals surface area (Å²) in [5, 5.41) is 0. The first-order valence-corrected chi connectivity index (χ1v) is 2.80. The van der Waals surface area contributed by atoms with Gasteiger partial charge >= 0.3 is 0 Å². The molecule has 2 rings (SSSR count). The Hall–Kier alpha value is -1.12. The minimum Gasteiger partial charge on any atom is -0.323 e. The van der Waals surface area contributed by atoms with Crippen LogP contribution in [0.4, 0.5) is 0 Å². The molecule has 0 radical (unpaired) electrons. The molecule has 0 saturated heterocycles. The van der Waals surface area contributed by atoms with E-state index in [9.17, 15) is 4.79 Å². The third-order valence-corrected chi connectivity index (χ3v) is 1.59. The van der Waals surface area contributed by atoms with Crippen LogP contribution >= 0.6 is 0 Å². The molecule has 0 spiro atoms. The number of rotatable bonds is 1. The van der Waals surface area contributed by atoms with Gasteiger partial charge in [0.1, 0.15) is 11.4 Å². The summed E-state index contributed by atoms with van der Waals surface area (Å²) in [5.74, 6) is 1.05. The average Bonchev–Trinajstić information content (AvgIpc) is 2.03. The van der Waals surface area contributed by atoms with Crippen LogP contribution in [0.25, 0.3) is 11.5 Å². The zero-order valence-electron chi connectivity index (χ0n) is 5.30. The number of nitrogens with zero attached hydrogens (tertiary/aromatic N) is 2. The number of imidazole rings is 1. The molecule has 46 valence electrons. The number of aromatic nitrogens is 2. The summed E-state index contributed by atoms with van der Waals surface area (Å²) in [5.41, 5.74) is 1.69. The summed E-state index contributed by atoms with van der Waals surface area (Å²) < 4.78 is 1.91. The first-order valence-electron chi connectivity index (χ1n) is 2.80. The number of Topliss-reactive ketones (excluding diaryl/α,β-unsaturated/α-hetero) is 1. The lowest BCUT2D eigenvalue weighted by Gasteiger charge is -1.91. The maximum Gasteiger partial charge on any atom is 0.180 e. The van der Waals surface area contributed by atoms with Crippen LogP contribution in [0.1, 0.15) is 17.4 Å². The Bertz CT molecular complexity index is 298. The Morgan fingerprint density at radius 1 is 1.67 bits per heavy atom. The molecule has 0 unspecified atom stereocenters. The van der Waals surface area contributed by atoms with E-state index in [2.05, 4.69) is 4.98 Å². The fourth-order valence-electron chi connectivity index (χ4n) is 0.978. The van der Waals surface area contributed by atoms with E-state index in [0.717, 1.165) is 11.5 Å². The van der Waals surface area contributed by atoms with Crippen molar-refractivity contribution in [1.29, 1.82) is 0 Å². The standard InChI is InChI=1S/C6H6N2O/c1-3(9)4-5-6(7-4)8(5)2/h1-2H3. The van der Waals surface area contributed by atoms with Gasteiger partial charge in [0.25, 0.3) is 0 Å². The molecule has 0 aromatic carbocycles. The second-order valence-electron chi connectivity index (χ2n) is 2.25. The summed E-state index contributed by atoms with van der Waals surface area (Å²) in [4.78, 5) is 14.6. The van der Waals surface area contributed by atoms with Gasteiger partial charge < -0.3 is 4.57 Å². The Kier molecular flexibility index (Phi) is 0.565. The van der Waals surface area contributed by atoms with Gasteiger partial charge in [-0.1, -0.05) is 0 Å². The highest BCUT2D eigenvalue weighted by molar-refractivity contribution is 6.03. The molecule has 2 aliphatic rings. The van der Waals surface area contributed by atoms with Crippen molar-refractivity contribution in [3.63, 3.8) is 0 Å². The van der Waals surface area contributed by atoms with Crippen LogP contribution in [0.3, 0.4) is 0 Å². The number of aryl methyl sites for hydroxylation is 1. The molecule has 0 aromatic rings. The molecule has 0 saturated carbocycles. The van der Waals surface area contributed by atoms with Gasteiger partial charge in [-0.05, 0) is 0 Å². The third kappa shape index (κ3) is 0.376. The fourth-order valence-corrected chi connectivity index (χ4v) is 0.978. The summed E-state index contributed by atoms with van der Waals surface area (Å²) in [6.45, 7) is 1.54. The molecular weight excluding hydrogens is 116 g/mol. The van der Waals surface area contributed by atoms with Crippen molar-refractivity contribution in [3.05, 3.63) is 5.69 Å².